The van der Waals surface area contributed by atoms with E-state index in [0.29, 0.717) is 23.4 Å². The van der Waals surface area contributed by atoms with Crippen LogP contribution in [0.25, 0.3) is 0 Å². The summed E-state index contributed by atoms with van der Waals surface area (Å²) in [6.07, 6.45) is 3.52. The monoisotopic (exact) mass is 269 g/mol. The Hall–Kier alpha value is -0.770. The molecule has 100 valence electrons. The third-order valence-corrected chi connectivity index (χ3v) is 4.05. The largest absolute Gasteiger partial charge is 0.508 e. The van der Waals surface area contributed by atoms with Gasteiger partial charge >= 0.3 is 0 Å². The molecule has 1 aromatic carbocycles. The van der Waals surface area contributed by atoms with Gasteiger partial charge in [-0.05, 0) is 49.4 Å². The number of aromatic hydroxyl groups is 1. The van der Waals surface area contributed by atoms with E-state index in [1.54, 1.807) is 18.2 Å². The molecular weight excluding hydrogens is 250 g/mol. The van der Waals surface area contributed by atoms with Crippen molar-refractivity contribution in [2.45, 2.75) is 25.8 Å². The lowest BCUT2D eigenvalue weighted by atomic mass is 9.97. The van der Waals surface area contributed by atoms with Crippen LogP contribution in [0.5, 0.6) is 5.75 Å². The molecule has 0 heterocycles. The van der Waals surface area contributed by atoms with Crippen molar-refractivity contribution >= 4 is 11.6 Å². The summed E-state index contributed by atoms with van der Waals surface area (Å²) >= 11 is 5.90. The van der Waals surface area contributed by atoms with Crippen LogP contribution >= 0.6 is 11.6 Å². The molecule has 0 bridgehead atoms. The van der Waals surface area contributed by atoms with E-state index in [1.165, 1.54) is 12.8 Å². The van der Waals surface area contributed by atoms with E-state index in [1.807, 2.05) is 0 Å². The van der Waals surface area contributed by atoms with Gasteiger partial charge in [-0.3, -0.25) is 0 Å². The lowest BCUT2D eigenvalue weighted by Gasteiger charge is -2.18. The standard InChI is InChI=1S/C14H20ClNO2/c15-13-4-5-14(18)12(6-13)8-16-7-10-2-1-3-11(10)9-17/h4-6,10-11,16-18H,1-3,7-9H2. The minimum Gasteiger partial charge on any atom is -0.508 e. The van der Waals surface area contributed by atoms with Crippen molar-refractivity contribution in [2.24, 2.45) is 11.8 Å². The van der Waals surface area contributed by atoms with Gasteiger partial charge < -0.3 is 15.5 Å². The van der Waals surface area contributed by atoms with Crippen LogP contribution in [-0.4, -0.2) is 23.4 Å². The minimum absolute atomic E-state index is 0.275. The third kappa shape index (κ3) is 3.37. The first-order valence-electron chi connectivity index (χ1n) is 6.49. The first-order valence-corrected chi connectivity index (χ1v) is 6.87. The second-order valence-corrected chi connectivity index (χ2v) is 5.47. The molecule has 2 atom stereocenters. The second-order valence-electron chi connectivity index (χ2n) is 5.04. The van der Waals surface area contributed by atoms with E-state index in [4.69, 9.17) is 11.6 Å². The maximum absolute atomic E-state index is 9.69. The number of rotatable bonds is 5. The molecule has 3 N–H and O–H groups in total. The molecular formula is C14H20ClNO2. The zero-order chi connectivity index (χ0) is 13.0. The molecule has 0 saturated heterocycles. The average molecular weight is 270 g/mol. The fourth-order valence-corrected chi connectivity index (χ4v) is 2.91. The molecule has 1 aliphatic rings. The van der Waals surface area contributed by atoms with Crippen LogP contribution in [0.15, 0.2) is 18.2 Å². The van der Waals surface area contributed by atoms with Gasteiger partial charge in [-0.15, -0.1) is 0 Å². The van der Waals surface area contributed by atoms with E-state index < -0.39 is 0 Å². The third-order valence-electron chi connectivity index (χ3n) is 3.81. The van der Waals surface area contributed by atoms with E-state index in [0.717, 1.165) is 18.5 Å². The quantitative estimate of drug-likeness (QED) is 0.770. The molecule has 0 aromatic heterocycles. The number of aliphatic hydroxyl groups excluding tert-OH is 1. The molecule has 18 heavy (non-hydrogen) atoms. The van der Waals surface area contributed by atoms with Gasteiger partial charge in [0.15, 0.2) is 0 Å². The Morgan fingerprint density at radius 2 is 2.06 bits per heavy atom. The summed E-state index contributed by atoms with van der Waals surface area (Å²) in [5.74, 6) is 1.26. The summed E-state index contributed by atoms with van der Waals surface area (Å²) in [6.45, 7) is 1.78. The van der Waals surface area contributed by atoms with Crippen molar-refractivity contribution in [1.82, 2.24) is 5.32 Å². The Bertz CT molecular complexity index is 397. The fourth-order valence-electron chi connectivity index (χ4n) is 2.71. The van der Waals surface area contributed by atoms with E-state index >= 15 is 0 Å². The minimum atomic E-state index is 0.275. The lowest BCUT2D eigenvalue weighted by molar-refractivity contribution is 0.192. The molecule has 1 aliphatic carbocycles. The van der Waals surface area contributed by atoms with E-state index in [2.05, 4.69) is 5.32 Å². The highest BCUT2D eigenvalue weighted by atomic mass is 35.5. The van der Waals surface area contributed by atoms with Gasteiger partial charge in [-0.2, -0.15) is 0 Å². The van der Waals surface area contributed by atoms with Crippen LogP contribution in [0.3, 0.4) is 0 Å². The van der Waals surface area contributed by atoms with Gasteiger partial charge in [-0.25, -0.2) is 0 Å². The van der Waals surface area contributed by atoms with Crippen molar-refractivity contribution in [3.05, 3.63) is 28.8 Å². The summed E-state index contributed by atoms with van der Waals surface area (Å²) in [5.41, 5.74) is 0.820. The van der Waals surface area contributed by atoms with Crippen LogP contribution in [0, 0.1) is 11.8 Å². The topological polar surface area (TPSA) is 52.5 Å². The second kappa shape index (κ2) is 6.41. The lowest BCUT2D eigenvalue weighted by Crippen LogP contribution is -2.26. The van der Waals surface area contributed by atoms with Crippen molar-refractivity contribution in [2.75, 3.05) is 13.2 Å². The zero-order valence-electron chi connectivity index (χ0n) is 10.4. The number of hydrogen-bond donors (Lipinski definition) is 3. The van der Waals surface area contributed by atoms with Crippen molar-refractivity contribution in [3.8, 4) is 5.75 Å². The maximum Gasteiger partial charge on any atom is 0.120 e. The highest BCUT2D eigenvalue weighted by Gasteiger charge is 2.25. The van der Waals surface area contributed by atoms with Gasteiger partial charge in [0.2, 0.25) is 0 Å². The van der Waals surface area contributed by atoms with Crippen molar-refractivity contribution in [3.63, 3.8) is 0 Å². The number of halogens is 1. The van der Waals surface area contributed by atoms with Crippen LogP contribution < -0.4 is 5.32 Å². The van der Waals surface area contributed by atoms with Crippen LogP contribution in [0.1, 0.15) is 24.8 Å². The molecule has 0 spiro atoms. The Labute approximate surface area is 113 Å². The summed E-state index contributed by atoms with van der Waals surface area (Å²) < 4.78 is 0. The fraction of sp³-hybridized carbons (Fsp3) is 0.571. The average Bonchev–Trinajstić information content (AvgIpc) is 2.81. The molecule has 2 unspecified atom stereocenters. The summed E-state index contributed by atoms with van der Waals surface area (Å²) in [5, 5.41) is 22.9. The predicted molar refractivity (Wildman–Crippen MR) is 72.7 cm³/mol. The molecule has 1 saturated carbocycles. The number of benzene rings is 1. The van der Waals surface area contributed by atoms with Gasteiger partial charge in [0, 0.05) is 23.7 Å². The Kier molecular flexibility index (Phi) is 4.87. The van der Waals surface area contributed by atoms with Crippen molar-refractivity contribution < 1.29 is 10.2 Å². The highest BCUT2D eigenvalue weighted by Crippen LogP contribution is 2.30. The van der Waals surface area contributed by atoms with Crippen LogP contribution in [-0.2, 0) is 6.54 Å². The predicted octanol–water partition coefficient (Wildman–Crippen LogP) is 2.54. The van der Waals surface area contributed by atoms with Crippen LogP contribution in [0.4, 0.5) is 0 Å². The van der Waals surface area contributed by atoms with E-state index in [9.17, 15) is 10.2 Å². The molecule has 0 radical (unpaired) electrons. The van der Waals surface area contributed by atoms with Gasteiger partial charge in [0.1, 0.15) is 5.75 Å². The number of hydrogen-bond acceptors (Lipinski definition) is 3. The smallest absolute Gasteiger partial charge is 0.120 e. The number of phenolic OH excluding ortho intramolecular Hbond substituents is 1. The van der Waals surface area contributed by atoms with Gasteiger partial charge in [0.25, 0.3) is 0 Å². The number of nitrogens with one attached hydrogen (secondary N) is 1. The highest BCUT2D eigenvalue weighted by molar-refractivity contribution is 6.30. The Balaban J connectivity index is 1.83. The molecule has 4 heteroatoms. The van der Waals surface area contributed by atoms with Gasteiger partial charge in [-0.1, -0.05) is 18.0 Å². The number of phenols is 1. The SMILES string of the molecule is OCC1CCCC1CNCc1cc(Cl)ccc1O. The summed E-state index contributed by atoms with van der Waals surface area (Å²) in [4.78, 5) is 0. The van der Waals surface area contributed by atoms with E-state index in [-0.39, 0.29) is 12.4 Å². The first-order chi connectivity index (χ1) is 8.70. The zero-order valence-corrected chi connectivity index (χ0v) is 11.2. The molecule has 0 aliphatic heterocycles. The normalized spacial score (nSPS) is 23.4. The molecule has 1 fully saturated rings. The number of aliphatic hydroxyl groups is 1. The Morgan fingerprint density at radius 3 is 2.83 bits per heavy atom. The molecule has 0 amide bonds. The maximum atomic E-state index is 9.69. The summed E-state index contributed by atoms with van der Waals surface area (Å²) in [7, 11) is 0. The van der Waals surface area contributed by atoms with Gasteiger partial charge in [0.05, 0.1) is 0 Å². The Morgan fingerprint density at radius 1 is 1.28 bits per heavy atom. The molecule has 3 nitrogen and oxygen atoms in total. The molecule has 2 rings (SSSR count). The summed E-state index contributed by atoms with van der Waals surface area (Å²) in [6, 6.07) is 5.08. The first kappa shape index (κ1) is 13.7. The van der Waals surface area contributed by atoms with Crippen molar-refractivity contribution in [1.29, 1.82) is 0 Å². The van der Waals surface area contributed by atoms with Crippen LogP contribution in [0.2, 0.25) is 5.02 Å². The molecule has 1 aromatic rings.